The molecule has 4 rings (SSSR count). The van der Waals surface area contributed by atoms with Gasteiger partial charge in [0.2, 0.25) is 0 Å². The molecule has 1 aromatic rings. The third kappa shape index (κ3) is 9.00. The van der Waals surface area contributed by atoms with E-state index in [1.807, 2.05) is 6.92 Å². The fourth-order valence-corrected chi connectivity index (χ4v) is 4.42. The Hall–Kier alpha value is -2.32. The number of nitrogens with zero attached hydrogens (tertiary/aromatic N) is 2. The lowest BCUT2D eigenvalue weighted by Gasteiger charge is -2.26. The number of aliphatic carboxylic acids is 2. The minimum atomic E-state index is -5.08. The average Bonchev–Trinajstić information content (AvgIpc) is 3.51. The first-order chi connectivity index (χ1) is 16.2. The van der Waals surface area contributed by atoms with E-state index in [4.69, 9.17) is 29.0 Å². The molecule has 0 aliphatic carbocycles. The van der Waals surface area contributed by atoms with E-state index in [0.29, 0.717) is 0 Å². The first-order valence-corrected chi connectivity index (χ1v) is 10.9. The van der Waals surface area contributed by atoms with Crippen molar-refractivity contribution in [1.82, 2.24) is 9.80 Å². The van der Waals surface area contributed by atoms with Crippen LogP contribution in [0.2, 0.25) is 0 Å². The van der Waals surface area contributed by atoms with E-state index < -0.39 is 24.3 Å². The van der Waals surface area contributed by atoms with Gasteiger partial charge in [-0.3, -0.25) is 9.80 Å². The van der Waals surface area contributed by atoms with E-state index in [9.17, 15) is 26.3 Å². The van der Waals surface area contributed by atoms with Crippen molar-refractivity contribution in [1.29, 1.82) is 0 Å². The number of alkyl halides is 6. The largest absolute Gasteiger partial charge is 0.490 e. The van der Waals surface area contributed by atoms with E-state index in [0.717, 1.165) is 49.3 Å². The molecule has 2 N–H and O–H groups in total. The standard InChI is InChI=1S/C17H26N2O2.2C2HF3O2/c1-13-2-3-15(21-13)11-19-8-5-16-17(19)4-7-18(16)10-14-6-9-20-12-14;2*3-2(4,5)1(6)7/h2-3,14,16-17H,4-12H2,1H3;2*(H,6,7)/t14?,16-,17+;;/m1../s1. The molecule has 35 heavy (non-hydrogen) atoms. The zero-order valence-electron chi connectivity index (χ0n) is 18.9. The number of rotatable bonds is 4. The molecule has 0 radical (unpaired) electrons. The molecule has 3 aliphatic heterocycles. The smallest absolute Gasteiger partial charge is 0.475 e. The lowest BCUT2D eigenvalue weighted by atomic mass is 10.1. The summed E-state index contributed by atoms with van der Waals surface area (Å²) < 4.78 is 74.8. The topological polar surface area (TPSA) is 103 Å². The maximum absolute atomic E-state index is 10.6. The summed E-state index contributed by atoms with van der Waals surface area (Å²) in [5.74, 6) is -2.60. The van der Waals surface area contributed by atoms with Gasteiger partial charge < -0.3 is 19.4 Å². The molecule has 4 heterocycles. The van der Waals surface area contributed by atoms with Crippen LogP contribution in [0.15, 0.2) is 16.5 Å². The molecule has 3 fully saturated rings. The number of carboxylic acids is 2. The molecular weight excluding hydrogens is 490 g/mol. The number of hydrogen-bond acceptors (Lipinski definition) is 6. The molecule has 1 unspecified atom stereocenters. The molecule has 0 aromatic carbocycles. The van der Waals surface area contributed by atoms with Gasteiger partial charge in [0.25, 0.3) is 0 Å². The Morgan fingerprint density at radius 3 is 1.89 bits per heavy atom. The third-order valence-electron chi connectivity index (χ3n) is 5.96. The number of halogens is 6. The highest BCUT2D eigenvalue weighted by Crippen LogP contribution is 2.34. The zero-order valence-corrected chi connectivity index (χ0v) is 18.9. The van der Waals surface area contributed by atoms with Crippen LogP contribution in [0.5, 0.6) is 0 Å². The second-order valence-corrected chi connectivity index (χ2v) is 8.53. The quantitative estimate of drug-likeness (QED) is 0.584. The Bertz CT molecular complexity index is 813. The monoisotopic (exact) mass is 518 g/mol. The summed E-state index contributed by atoms with van der Waals surface area (Å²) in [5, 5.41) is 14.2. The van der Waals surface area contributed by atoms with Crippen LogP contribution in [0.1, 0.15) is 30.8 Å². The van der Waals surface area contributed by atoms with Crippen LogP contribution in [-0.4, -0.2) is 89.2 Å². The summed E-state index contributed by atoms with van der Waals surface area (Å²) in [6.07, 6.45) is -6.28. The molecule has 1 aromatic heterocycles. The van der Waals surface area contributed by atoms with Crippen molar-refractivity contribution in [3.05, 3.63) is 23.7 Å². The van der Waals surface area contributed by atoms with Gasteiger partial charge in [-0.15, -0.1) is 0 Å². The Morgan fingerprint density at radius 2 is 1.46 bits per heavy atom. The predicted octanol–water partition coefficient (Wildman–Crippen LogP) is 3.54. The summed E-state index contributed by atoms with van der Waals surface area (Å²) >= 11 is 0. The molecule has 3 aliphatic rings. The molecule has 200 valence electrons. The number of carbonyl (C=O) groups is 2. The highest BCUT2D eigenvalue weighted by molar-refractivity contribution is 5.73. The van der Waals surface area contributed by atoms with Crippen molar-refractivity contribution < 1.29 is 55.3 Å². The maximum Gasteiger partial charge on any atom is 0.490 e. The van der Waals surface area contributed by atoms with E-state index in [2.05, 4.69) is 21.9 Å². The SMILES string of the molecule is Cc1ccc(CN2CC[C@@H]3[C@@H]2CCN3CC2CCOC2)o1.O=C(O)C(F)(F)F.O=C(O)C(F)(F)F. The van der Waals surface area contributed by atoms with Gasteiger partial charge >= 0.3 is 24.3 Å². The summed E-state index contributed by atoms with van der Waals surface area (Å²) in [4.78, 5) is 23.2. The molecule has 0 saturated carbocycles. The number of fused-ring (bicyclic) bond motifs is 1. The van der Waals surface area contributed by atoms with E-state index in [1.54, 1.807) is 0 Å². The van der Waals surface area contributed by atoms with E-state index >= 15 is 0 Å². The number of carboxylic acid groups (broad SMARTS) is 2. The van der Waals surface area contributed by atoms with E-state index in [1.165, 1.54) is 38.9 Å². The Morgan fingerprint density at radius 1 is 0.943 bits per heavy atom. The van der Waals surface area contributed by atoms with Crippen molar-refractivity contribution in [2.75, 3.05) is 32.8 Å². The normalized spacial score (nSPS) is 24.8. The van der Waals surface area contributed by atoms with Crippen LogP contribution in [0.25, 0.3) is 0 Å². The van der Waals surface area contributed by atoms with Crippen LogP contribution in [0.4, 0.5) is 26.3 Å². The Balaban J connectivity index is 0.000000257. The predicted molar refractivity (Wildman–Crippen MR) is 109 cm³/mol. The first-order valence-electron chi connectivity index (χ1n) is 10.9. The first kappa shape index (κ1) is 28.9. The highest BCUT2D eigenvalue weighted by atomic mass is 19.4. The number of ether oxygens (including phenoxy) is 1. The van der Waals surface area contributed by atoms with Gasteiger partial charge in [0.1, 0.15) is 11.5 Å². The molecule has 0 spiro atoms. The second-order valence-electron chi connectivity index (χ2n) is 8.53. The summed E-state index contributed by atoms with van der Waals surface area (Å²) in [6, 6.07) is 5.70. The van der Waals surface area contributed by atoms with Gasteiger partial charge in [-0.25, -0.2) is 9.59 Å². The Kier molecular flexibility index (Phi) is 9.98. The lowest BCUT2D eigenvalue weighted by molar-refractivity contribution is -0.193. The molecule has 0 bridgehead atoms. The van der Waals surface area contributed by atoms with Gasteiger partial charge in [-0.1, -0.05) is 0 Å². The van der Waals surface area contributed by atoms with Crippen LogP contribution in [-0.2, 0) is 20.9 Å². The number of furan rings is 1. The van der Waals surface area contributed by atoms with Crippen molar-refractivity contribution in [3.8, 4) is 0 Å². The van der Waals surface area contributed by atoms with Crippen molar-refractivity contribution in [2.45, 2.75) is 57.2 Å². The second kappa shape index (κ2) is 12.1. The van der Waals surface area contributed by atoms with Crippen molar-refractivity contribution >= 4 is 11.9 Å². The summed E-state index contributed by atoms with van der Waals surface area (Å²) in [5.41, 5.74) is 0. The number of likely N-dealkylation sites (tertiary alicyclic amines) is 2. The lowest BCUT2D eigenvalue weighted by Crippen LogP contribution is -2.38. The minimum absolute atomic E-state index is 0.734. The summed E-state index contributed by atoms with van der Waals surface area (Å²) in [6.45, 7) is 8.67. The summed E-state index contributed by atoms with van der Waals surface area (Å²) in [7, 11) is 0. The molecular formula is C21H28F6N2O6. The van der Waals surface area contributed by atoms with Gasteiger partial charge in [-0.2, -0.15) is 26.3 Å². The van der Waals surface area contributed by atoms with Crippen LogP contribution < -0.4 is 0 Å². The highest BCUT2D eigenvalue weighted by Gasteiger charge is 2.43. The molecule has 3 saturated heterocycles. The number of aryl methyl sites for hydroxylation is 1. The molecule has 0 amide bonds. The Labute approximate surface area is 197 Å². The van der Waals surface area contributed by atoms with Crippen molar-refractivity contribution in [3.63, 3.8) is 0 Å². The average molecular weight is 518 g/mol. The maximum atomic E-state index is 10.6. The fourth-order valence-electron chi connectivity index (χ4n) is 4.42. The van der Waals surface area contributed by atoms with Gasteiger partial charge in [-0.05, 0) is 44.2 Å². The van der Waals surface area contributed by atoms with Crippen LogP contribution >= 0.6 is 0 Å². The molecule has 8 nitrogen and oxygen atoms in total. The zero-order chi connectivity index (χ0) is 26.4. The van der Waals surface area contributed by atoms with Gasteiger partial charge in [0.05, 0.1) is 13.2 Å². The number of hydrogen-bond donors (Lipinski definition) is 2. The van der Waals surface area contributed by atoms with Crippen LogP contribution in [0, 0.1) is 12.8 Å². The molecule has 14 heteroatoms. The fraction of sp³-hybridized carbons (Fsp3) is 0.714. The minimum Gasteiger partial charge on any atom is -0.475 e. The van der Waals surface area contributed by atoms with Gasteiger partial charge in [0.15, 0.2) is 0 Å². The van der Waals surface area contributed by atoms with E-state index in [-0.39, 0.29) is 0 Å². The van der Waals surface area contributed by atoms with Crippen LogP contribution in [0.3, 0.4) is 0 Å². The third-order valence-corrected chi connectivity index (χ3v) is 5.96. The van der Waals surface area contributed by atoms with Gasteiger partial charge in [0, 0.05) is 38.3 Å². The molecule has 3 atom stereocenters. The van der Waals surface area contributed by atoms with Crippen molar-refractivity contribution in [2.24, 2.45) is 5.92 Å².